The Labute approximate surface area is 120 Å². The second-order valence-electron chi connectivity index (χ2n) is 3.98. The standard InChI is InChI=1S/C8F14O2/c9-2(24)5(13,14)6(15,16)4(11,12)1(23)3(10,7(17,18)19)8(20,21)22. The van der Waals surface area contributed by atoms with E-state index in [2.05, 4.69) is 0 Å². The van der Waals surface area contributed by atoms with Crippen molar-refractivity contribution < 1.29 is 71.1 Å². The molecule has 0 atom stereocenters. The highest BCUT2D eigenvalue weighted by molar-refractivity contribution is 5.97. The van der Waals surface area contributed by atoms with Crippen LogP contribution in [0.5, 0.6) is 0 Å². The maximum atomic E-state index is 13.0. The quantitative estimate of drug-likeness (QED) is 0.526. The van der Waals surface area contributed by atoms with E-state index >= 15 is 0 Å². The van der Waals surface area contributed by atoms with Crippen molar-refractivity contribution in [2.45, 2.75) is 35.8 Å². The van der Waals surface area contributed by atoms with Gasteiger partial charge in [0.15, 0.2) is 0 Å². The molecule has 24 heavy (non-hydrogen) atoms. The number of hydrogen-bond donors (Lipinski definition) is 0. The third-order valence-corrected chi connectivity index (χ3v) is 2.41. The topological polar surface area (TPSA) is 34.1 Å². The van der Waals surface area contributed by atoms with Crippen LogP contribution in [-0.4, -0.2) is 47.6 Å². The summed E-state index contributed by atoms with van der Waals surface area (Å²) in [5, 5.41) is 0. The van der Waals surface area contributed by atoms with E-state index in [1.165, 1.54) is 0 Å². The van der Waals surface area contributed by atoms with Crippen molar-refractivity contribution in [3.05, 3.63) is 0 Å². The largest absolute Gasteiger partial charge is 0.439 e. The fourth-order valence-corrected chi connectivity index (χ4v) is 1.10. The van der Waals surface area contributed by atoms with Gasteiger partial charge >= 0.3 is 41.8 Å². The van der Waals surface area contributed by atoms with Crippen molar-refractivity contribution in [1.29, 1.82) is 0 Å². The lowest BCUT2D eigenvalue weighted by Crippen LogP contribution is -2.70. The van der Waals surface area contributed by atoms with E-state index in [0.29, 0.717) is 0 Å². The molecule has 0 saturated heterocycles. The second-order valence-corrected chi connectivity index (χ2v) is 3.98. The van der Waals surface area contributed by atoms with Gasteiger partial charge in [0.25, 0.3) is 5.78 Å². The molecule has 0 spiro atoms. The predicted octanol–water partition coefficient (Wildman–Crippen LogP) is 3.79. The van der Waals surface area contributed by atoms with Crippen LogP contribution in [0.2, 0.25) is 0 Å². The summed E-state index contributed by atoms with van der Waals surface area (Å²) in [6, 6.07) is -4.62. The monoisotopic (exact) mass is 394 g/mol. The average molecular weight is 394 g/mol. The third-order valence-electron chi connectivity index (χ3n) is 2.41. The Morgan fingerprint density at radius 3 is 1.04 bits per heavy atom. The van der Waals surface area contributed by atoms with E-state index in [0.717, 1.165) is 0 Å². The van der Waals surface area contributed by atoms with Crippen LogP contribution in [-0.2, 0) is 9.59 Å². The maximum absolute atomic E-state index is 13.0. The molecule has 0 saturated carbocycles. The zero-order valence-corrected chi connectivity index (χ0v) is 10.1. The Bertz CT molecular complexity index is 512. The number of alkyl halides is 13. The Morgan fingerprint density at radius 2 is 0.833 bits per heavy atom. The summed E-state index contributed by atoms with van der Waals surface area (Å²) >= 11 is 0. The fraction of sp³-hybridized carbons (Fsp3) is 0.750. The molecule has 0 aliphatic carbocycles. The lowest BCUT2D eigenvalue weighted by molar-refractivity contribution is -0.343. The van der Waals surface area contributed by atoms with Crippen LogP contribution in [0, 0.1) is 0 Å². The lowest BCUT2D eigenvalue weighted by Gasteiger charge is -2.35. The molecule has 2 nitrogen and oxygen atoms in total. The number of ketones is 1. The first-order valence-corrected chi connectivity index (χ1v) is 4.80. The van der Waals surface area contributed by atoms with Gasteiger partial charge in [-0.05, 0) is 0 Å². The molecule has 0 heterocycles. The summed E-state index contributed by atoms with van der Waals surface area (Å²) < 4.78 is 173. The van der Waals surface area contributed by atoms with E-state index in [4.69, 9.17) is 0 Å². The number of carbonyl (C=O) groups excluding carboxylic acids is 2. The molecule has 0 aliphatic heterocycles. The van der Waals surface area contributed by atoms with Gasteiger partial charge in [-0.25, -0.2) is 4.39 Å². The molecule has 16 heteroatoms. The van der Waals surface area contributed by atoms with Crippen LogP contribution in [0.3, 0.4) is 0 Å². The fourth-order valence-electron chi connectivity index (χ4n) is 1.10. The van der Waals surface area contributed by atoms with E-state index in [1.807, 2.05) is 0 Å². The number of halogens is 14. The molecule has 0 aromatic carbocycles. The zero-order chi connectivity index (χ0) is 20.2. The maximum Gasteiger partial charge on any atom is 0.439 e. The molecule has 0 amide bonds. The zero-order valence-electron chi connectivity index (χ0n) is 10.1. The van der Waals surface area contributed by atoms with Crippen molar-refractivity contribution in [2.24, 2.45) is 0 Å². The van der Waals surface area contributed by atoms with Crippen LogP contribution in [0.1, 0.15) is 0 Å². The molecule has 0 radical (unpaired) electrons. The first kappa shape index (κ1) is 22.4. The highest BCUT2D eigenvalue weighted by Crippen LogP contribution is 2.54. The number of Topliss-reactive ketones (excluding diaryl/α,β-unsaturated/α-hetero) is 1. The summed E-state index contributed by atoms with van der Waals surface area (Å²) in [6.45, 7) is 0. The molecule has 0 bridgehead atoms. The molecule has 0 fully saturated rings. The van der Waals surface area contributed by atoms with E-state index in [1.54, 1.807) is 0 Å². The van der Waals surface area contributed by atoms with Crippen molar-refractivity contribution in [1.82, 2.24) is 0 Å². The molecule has 0 unspecified atom stereocenters. The van der Waals surface area contributed by atoms with Crippen LogP contribution in [0.25, 0.3) is 0 Å². The Balaban J connectivity index is 6.51. The lowest BCUT2D eigenvalue weighted by atomic mass is 9.89. The van der Waals surface area contributed by atoms with Crippen LogP contribution in [0.4, 0.5) is 61.5 Å². The minimum absolute atomic E-state index is 4.62. The highest BCUT2D eigenvalue weighted by atomic mass is 19.4. The molecule has 142 valence electrons. The van der Waals surface area contributed by atoms with Gasteiger partial charge in [0, 0.05) is 0 Å². The van der Waals surface area contributed by atoms with Crippen molar-refractivity contribution in [3.63, 3.8) is 0 Å². The highest BCUT2D eigenvalue weighted by Gasteiger charge is 2.87. The van der Waals surface area contributed by atoms with Crippen molar-refractivity contribution in [2.75, 3.05) is 0 Å². The number of hydrogen-bond acceptors (Lipinski definition) is 2. The summed E-state index contributed by atoms with van der Waals surface area (Å²) in [5.74, 6) is -28.2. The average Bonchev–Trinajstić information content (AvgIpc) is 2.33. The first-order valence-electron chi connectivity index (χ1n) is 4.80. The summed E-state index contributed by atoms with van der Waals surface area (Å²) in [5.41, 5.74) is -7.71. The normalized spacial score (nSPS) is 15.4. The number of carbonyl (C=O) groups is 2. The Kier molecular flexibility index (Phi) is 5.06. The summed E-state index contributed by atoms with van der Waals surface area (Å²) in [6.07, 6.45) is -15.3. The van der Waals surface area contributed by atoms with Gasteiger partial charge < -0.3 is 0 Å². The van der Waals surface area contributed by atoms with Gasteiger partial charge in [-0.3, -0.25) is 9.59 Å². The SMILES string of the molecule is O=C(F)C(F)(F)C(F)(F)C(F)(F)C(=O)C(F)(C(F)(F)F)C(F)(F)F. The smallest absolute Gasteiger partial charge is 0.288 e. The van der Waals surface area contributed by atoms with Crippen LogP contribution >= 0.6 is 0 Å². The van der Waals surface area contributed by atoms with Crippen LogP contribution in [0.15, 0.2) is 0 Å². The molecule has 0 aliphatic rings. The second kappa shape index (κ2) is 5.44. The minimum atomic E-state index is -7.78. The first-order chi connectivity index (χ1) is 10.1. The summed E-state index contributed by atoms with van der Waals surface area (Å²) in [4.78, 5) is 20.0. The Hall–Kier alpha value is -1.64. The van der Waals surface area contributed by atoms with Crippen molar-refractivity contribution in [3.8, 4) is 0 Å². The van der Waals surface area contributed by atoms with Gasteiger partial charge in [0.05, 0.1) is 0 Å². The summed E-state index contributed by atoms with van der Waals surface area (Å²) in [7, 11) is 0. The van der Waals surface area contributed by atoms with E-state index in [9.17, 15) is 71.1 Å². The molecular formula is C8F14O2. The molecular weight excluding hydrogens is 394 g/mol. The van der Waals surface area contributed by atoms with Crippen LogP contribution < -0.4 is 0 Å². The molecule has 0 aromatic rings. The molecule has 0 N–H and O–H groups in total. The molecule has 0 aromatic heterocycles. The van der Waals surface area contributed by atoms with Gasteiger partial charge in [0.1, 0.15) is 0 Å². The van der Waals surface area contributed by atoms with Gasteiger partial charge in [0.2, 0.25) is 0 Å². The van der Waals surface area contributed by atoms with Gasteiger partial charge in [-0.1, -0.05) is 0 Å². The van der Waals surface area contributed by atoms with Gasteiger partial charge in [-0.15, -0.1) is 0 Å². The predicted molar refractivity (Wildman–Crippen MR) is 41.9 cm³/mol. The van der Waals surface area contributed by atoms with Crippen molar-refractivity contribution >= 4 is 11.8 Å². The van der Waals surface area contributed by atoms with E-state index in [-0.39, 0.29) is 0 Å². The Morgan fingerprint density at radius 1 is 0.542 bits per heavy atom. The van der Waals surface area contributed by atoms with E-state index < -0.39 is 47.6 Å². The van der Waals surface area contributed by atoms with Gasteiger partial charge in [-0.2, -0.15) is 57.1 Å². The minimum Gasteiger partial charge on any atom is -0.288 e. The molecule has 0 rings (SSSR count). The third kappa shape index (κ3) is 2.78. The number of rotatable bonds is 5.